The Labute approximate surface area is 160 Å². The number of carboxylic acids is 1. The van der Waals surface area contributed by atoms with Crippen molar-refractivity contribution in [2.24, 2.45) is 5.73 Å². The number of amides is 1. The summed E-state index contributed by atoms with van der Waals surface area (Å²) in [6, 6.07) is 4.05. The van der Waals surface area contributed by atoms with Crippen molar-refractivity contribution in [2.45, 2.75) is 37.9 Å². The topological polar surface area (TPSA) is 174 Å². The molecule has 1 amide bonds. The van der Waals surface area contributed by atoms with Crippen LogP contribution in [-0.2, 0) is 22.6 Å². The monoisotopic (exact) mass is 391 g/mol. The van der Waals surface area contributed by atoms with E-state index in [9.17, 15) is 29.9 Å². The smallest absolute Gasteiger partial charge is 0.434 e. The van der Waals surface area contributed by atoms with Crippen LogP contribution in [0.1, 0.15) is 18.4 Å². The number of carbonyl (C=O) groups excluding carboxylic acids is 1. The maximum absolute atomic E-state index is 12.2. The normalized spacial score (nSPS) is 12.9. The van der Waals surface area contributed by atoms with Crippen LogP contribution in [0.5, 0.6) is 5.75 Å². The number of hydrogen-bond donors (Lipinski definition) is 4. The van der Waals surface area contributed by atoms with Crippen LogP contribution in [0.3, 0.4) is 0 Å². The molecular weight excluding hydrogens is 370 g/mol. The molecule has 0 aliphatic rings. The van der Waals surface area contributed by atoms with E-state index in [0.29, 0.717) is 0 Å². The minimum absolute atomic E-state index is 0.0718. The van der Waals surface area contributed by atoms with Crippen LogP contribution < -0.4 is 11.1 Å². The van der Waals surface area contributed by atoms with Crippen molar-refractivity contribution in [1.29, 1.82) is 0 Å². The summed E-state index contributed by atoms with van der Waals surface area (Å²) in [5.41, 5.74) is 6.56. The van der Waals surface area contributed by atoms with Gasteiger partial charge in [0.15, 0.2) is 0 Å². The zero-order valence-electron chi connectivity index (χ0n) is 14.9. The molecule has 0 fully saturated rings. The second-order valence-electron chi connectivity index (χ2n) is 6.20. The van der Waals surface area contributed by atoms with Gasteiger partial charge in [0.25, 0.3) is 0 Å². The highest BCUT2D eigenvalue weighted by atomic mass is 16.6. The van der Waals surface area contributed by atoms with Crippen molar-refractivity contribution in [3.05, 3.63) is 52.3 Å². The molecule has 0 spiro atoms. The molecule has 28 heavy (non-hydrogen) atoms. The molecule has 2 rings (SSSR count). The van der Waals surface area contributed by atoms with Gasteiger partial charge in [-0.05, 0) is 41.9 Å². The third-order valence-corrected chi connectivity index (χ3v) is 4.09. The maximum Gasteiger partial charge on any atom is 0.434 e. The maximum atomic E-state index is 12.2. The van der Waals surface area contributed by atoms with E-state index in [2.05, 4.69) is 10.3 Å². The number of aromatic hydroxyl groups is 1. The molecule has 0 unspecified atom stereocenters. The standard InChI is InChI=1S/C17H21N5O6/c18-13(10-11-3-5-12(23)6-4-11)15(24)20-14(16(25)26)2-1-8-21-9-7-19-17(21)22(27)28/h3-7,9,13-14,23H,1-2,8,10,18H2,(H,20,24)(H,25,26)/t13-,14+/m0/s1. The van der Waals surface area contributed by atoms with Gasteiger partial charge in [-0.1, -0.05) is 17.1 Å². The van der Waals surface area contributed by atoms with Gasteiger partial charge >= 0.3 is 11.9 Å². The summed E-state index contributed by atoms with van der Waals surface area (Å²) in [6.07, 6.45) is 3.25. The molecule has 150 valence electrons. The van der Waals surface area contributed by atoms with E-state index < -0.39 is 28.9 Å². The second kappa shape index (κ2) is 9.46. The molecule has 0 aliphatic carbocycles. The molecule has 1 aromatic carbocycles. The Balaban J connectivity index is 1.87. The SMILES string of the molecule is N[C@@H](Cc1ccc(O)cc1)C(=O)N[C@H](CCCn1ccnc1[N+](=O)[O-])C(=O)O. The summed E-state index contributed by atoms with van der Waals surface area (Å²) in [5.74, 6) is -2.07. The van der Waals surface area contributed by atoms with E-state index in [-0.39, 0.29) is 37.5 Å². The fourth-order valence-corrected chi connectivity index (χ4v) is 2.63. The van der Waals surface area contributed by atoms with Crippen LogP contribution in [-0.4, -0.2) is 48.6 Å². The molecular formula is C17H21N5O6. The fraction of sp³-hybridized carbons (Fsp3) is 0.353. The van der Waals surface area contributed by atoms with Gasteiger partial charge in [-0.25, -0.2) is 9.36 Å². The lowest BCUT2D eigenvalue weighted by molar-refractivity contribution is -0.396. The summed E-state index contributed by atoms with van der Waals surface area (Å²) in [6.45, 7) is 0.190. The Hall–Kier alpha value is -3.47. The Morgan fingerprint density at radius 2 is 2.00 bits per heavy atom. The molecule has 0 saturated heterocycles. The Morgan fingerprint density at radius 1 is 1.32 bits per heavy atom. The largest absolute Gasteiger partial charge is 0.508 e. The number of aryl methyl sites for hydroxylation is 1. The van der Waals surface area contributed by atoms with Gasteiger partial charge in [0.2, 0.25) is 5.91 Å². The molecule has 11 nitrogen and oxygen atoms in total. The fourth-order valence-electron chi connectivity index (χ4n) is 2.63. The van der Waals surface area contributed by atoms with Gasteiger partial charge in [-0.15, -0.1) is 0 Å². The number of hydrogen-bond acceptors (Lipinski definition) is 7. The van der Waals surface area contributed by atoms with Crippen LogP contribution in [0.15, 0.2) is 36.7 Å². The van der Waals surface area contributed by atoms with E-state index >= 15 is 0 Å². The number of carbonyl (C=O) groups is 2. The number of benzene rings is 1. The van der Waals surface area contributed by atoms with Gasteiger partial charge < -0.3 is 31.4 Å². The van der Waals surface area contributed by atoms with Crippen LogP contribution in [0, 0.1) is 10.1 Å². The van der Waals surface area contributed by atoms with Gasteiger partial charge in [-0.2, -0.15) is 0 Å². The van der Waals surface area contributed by atoms with E-state index in [1.54, 1.807) is 12.1 Å². The highest BCUT2D eigenvalue weighted by Gasteiger charge is 2.24. The molecule has 1 aromatic heterocycles. The number of phenols is 1. The van der Waals surface area contributed by atoms with Crippen molar-refractivity contribution >= 4 is 17.8 Å². The van der Waals surface area contributed by atoms with Crippen LogP contribution in [0.25, 0.3) is 0 Å². The molecule has 1 heterocycles. The highest BCUT2D eigenvalue weighted by Crippen LogP contribution is 2.12. The second-order valence-corrected chi connectivity index (χ2v) is 6.20. The summed E-state index contributed by atoms with van der Waals surface area (Å²) in [4.78, 5) is 37.4. The Bertz CT molecular complexity index is 835. The van der Waals surface area contributed by atoms with Crippen molar-refractivity contribution in [3.8, 4) is 5.75 Å². The minimum Gasteiger partial charge on any atom is -0.508 e. The number of nitrogens with two attached hydrogens (primary N) is 1. The number of nitro groups is 1. The number of carboxylic acid groups (broad SMARTS) is 1. The van der Waals surface area contributed by atoms with E-state index in [4.69, 9.17) is 5.73 Å². The highest BCUT2D eigenvalue weighted by molar-refractivity contribution is 5.86. The molecule has 0 bridgehead atoms. The average molecular weight is 391 g/mol. The molecule has 2 atom stereocenters. The lowest BCUT2D eigenvalue weighted by Gasteiger charge is -2.18. The number of aliphatic carboxylic acids is 1. The van der Waals surface area contributed by atoms with Crippen LogP contribution in [0.2, 0.25) is 0 Å². The van der Waals surface area contributed by atoms with Crippen LogP contribution in [0.4, 0.5) is 5.95 Å². The van der Waals surface area contributed by atoms with Gasteiger partial charge in [0.1, 0.15) is 24.2 Å². The lowest BCUT2D eigenvalue weighted by Crippen LogP contribution is -2.49. The van der Waals surface area contributed by atoms with Gasteiger partial charge in [0, 0.05) is 0 Å². The number of imidazole rings is 1. The first kappa shape index (κ1) is 20.8. The summed E-state index contributed by atoms with van der Waals surface area (Å²) < 4.78 is 1.30. The van der Waals surface area contributed by atoms with Crippen LogP contribution >= 0.6 is 0 Å². The third-order valence-electron chi connectivity index (χ3n) is 4.09. The number of rotatable bonds is 10. The predicted molar refractivity (Wildman–Crippen MR) is 97.5 cm³/mol. The molecule has 5 N–H and O–H groups in total. The van der Waals surface area contributed by atoms with E-state index in [1.165, 1.54) is 29.1 Å². The zero-order valence-corrected chi connectivity index (χ0v) is 14.9. The van der Waals surface area contributed by atoms with Crippen molar-refractivity contribution < 1.29 is 24.7 Å². The summed E-state index contributed by atoms with van der Waals surface area (Å²) >= 11 is 0. The van der Waals surface area contributed by atoms with Crippen molar-refractivity contribution in [3.63, 3.8) is 0 Å². The molecule has 0 radical (unpaired) electrons. The summed E-state index contributed by atoms with van der Waals surface area (Å²) in [5, 5.41) is 31.8. The first-order valence-corrected chi connectivity index (χ1v) is 8.50. The first-order chi connectivity index (χ1) is 13.3. The quantitative estimate of drug-likeness (QED) is 0.333. The summed E-state index contributed by atoms with van der Waals surface area (Å²) in [7, 11) is 0. The molecule has 0 saturated carbocycles. The van der Waals surface area contributed by atoms with Crippen molar-refractivity contribution in [1.82, 2.24) is 14.9 Å². The lowest BCUT2D eigenvalue weighted by atomic mass is 10.0. The number of phenolic OH excluding ortho intramolecular Hbond substituents is 1. The zero-order chi connectivity index (χ0) is 20.7. The van der Waals surface area contributed by atoms with Gasteiger partial charge in [-0.3, -0.25) is 4.79 Å². The van der Waals surface area contributed by atoms with E-state index in [1.807, 2.05) is 0 Å². The number of aromatic nitrogens is 2. The van der Waals surface area contributed by atoms with E-state index in [0.717, 1.165) is 5.56 Å². The third kappa shape index (κ3) is 5.77. The number of nitrogens with zero attached hydrogens (tertiary/aromatic N) is 3. The van der Waals surface area contributed by atoms with Gasteiger partial charge in [0.05, 0.1) is 12.6 Å². The Kier molecular flexibility index (Phi) is 7.04. The molecule has 11 heteroatoms. The number of nitrogens with one attached hydrogen (secondary N) is 1. The molecule has 0 aliphatic heterocycles. The predicted octanol–water partition coefficient (Wildman–Crippen LogP) is 0.416. The molecule has 2 aromatic rings. The average Bonchev–Trinajstić information content (AvgIpc) is 3.11. The van der Waals surface area contributed by atoms with Crippen molar-refractivity contribution in [2.75, 3.05) is 0 Å². The Morgan fingerprint density at radius 3 is 2.61 bits per heavy atom. The minimum atomic E-state index is -1.22. The first-order valence-electron chi connectivity index (χ1n) is 8.50.